The van der Waals surface area contributed by atoms with Crippen LogP contribution in [0.1, 0.15) is 11.1 Å². The zero-order valence-electron chi connectivity index (χ0n) is 14.1. The molecular weight excluding hydrogens is 316 g/mol. The smallest absolute Gasteiger partial charge is 0.322 e. The molecule has 6 nitrogen and oxygen atoms in total. The summed E-state index contributed by atoms with van der Waals surface area (Å²) in [4.78, 5) is 20.8. The van der Waals surface area contributed by atoms with Crippen LogP contribution in [0.15, 0.2) is 42.6 Å². The van der Waals surface area contributed by atoms with E-state index in [9.17, 15) is 4.79 Å². The van der Waals surface area contributed by atoms with E-state index in [-0.39, 0.29) is 6.03 Å². The highest BCUT2D eigenvalue weighted by Crippen LogP contribution is 2.23. The normalized spacial score (nSPS) is 17.1. The van der Waals surface area contributed by atoms with E-state index in [1.165, 1.54) is 11.1 Å². The van der Waals surface area contributed by atoms with Crippen molar-refractivity contribution < 1.29 is 9.53 Å². The highest BCUT2D eigenvalue weighted by Gasteiger charge is 2.18. The fourth-order valence-corrected chi connectivity index (χ4v) is 3.31. The number of carbonyl (C=O) groups is 1. The molecule has 0 radical (unpaired) electrons. The molecule has 1 saturated heterocycles. The number of morpholine rings is 1. The van der Waals surface area contributed by atoms with Crippen LogP contribution in [-0.4, -0.2) is 48.8 Å². The third-order valence-corrected chi connectivity index (χ3v) is 4.75. The van der Waals surface area contributed by atoms with E-state index in [0.29, 0.717) is 26.3 Å². The molecule has 2 aliphatic rings. The quantitative estimate of drug-likeness (QED) is 0.914. The monoisotopic (exact) mass is 338 g/mol. The Labute approximate surface area is 147 Å². The van der Waals surface area contributed by atoms with Gasteiger partial charge in [0, 0.05) is 26.2 Å². The molecule has 6 heteroatoms. The van der Waals surface area contributed by atoms with E-state index in [0.717, 1.165) is 31.0 Å². The second-order valence-electron chi connectivity index (χ2n) is 6.37. The first-order chi connectivity index (χ1) is 12.3. The maximum absolute atomic E-state index is 12.2. The van der Waals surface area contributed by atoms with E-state index in [4.69, 9.17) is 4.74 Å². The van der Waals surface area contributed by atoms with Gasteiger partial charge in [-0.05, 0) is 29.7 Å². The lowest BCUT2D eigenvalue weighted by molar-refractivity contribution is 0.0564. The fourth-order valence-electron chi connectivity index (χ4n) is 3.31. The third-order valence-electron chi connectivity index (χ3n) is 4.75. The van der Waals surface area contributed by atoms with Crippen LogP contribution in [0.4, 0.5) is 16.3 Å². The first kappa shape index (κ1) is 15.9. The van der Waals surface area contributed by atoms with Crippen molar-refractivity contribution in [3.63, 3.8) is 0 Å². The van der Waals surface area contributed by atoms with Gasteiger partial charge < -0.3 is 19.9 Å². The lowest BCUT2D eigenvalue weighted by Crippen LogP contribution is -2.43. The number of benzene rings is 1. The molecule has 0 atom stereocenters. The zero-order chi connectivity index (χ0) is 17.1. The van der Waals surface area contributed by atoms with Crippen LogP contribution < -0.4 is 10.2 Å². The van der Waals surface area contributed by atoms with Gasteiger partial charge in [-0.1, -0.05) is 24.3 Å². The number of carbonyl (C=O) groups excluding carboxylic acids is 1. The van der Waals surface area contributed by atoms with Gasteiger partial charge in [0.1, 0.15) is 5.82 Å². The number of nitrogens with zero attached hydrogens (tertiary/aromatic N) is 3. The molecule has 0 bridgehead atoms. The maximum Gasteiger partial charge on any atom is 0.322 e. The summed E-state index contributed by atoms with van der Waals surface area (Å²) in [5.74, 6) is 0.943. The molecule has 1 aromatic carbocycles. The van der Waals surface area contributed by atoms with Crippen molar-refractivity contribution in [2.24, 2.45) is 0 Å². The Balaban J connectivity index is 1.40. The van der Waals surface area contributed by atoms with Crippen LogP contribution in [0.5, 0.6) is 0 Å². The Morgan fingerprint density at radius 1 is 1.04 bits per heavy atom. The molecule has 0 spiro atoms. The number of amides is 2. The lowest BCUT2D eigenvalue weighted by atomic mass is 10.00. The second kappa shape index (κ2) is 7.11. The van der Waals surface area contributed by atoms with Gasteiger partial charge in [0.15, 0.2) is 0 Å². The summed E-state index contributed by atoms with van der Waals surface area (Å²) in [5, 5.41) is 2.91. The number of aromatic nitrogens is 1. The summed E-state index contributed by atoms with van der Waals surface area (Å²) in [5.41, 5.74) is 3.51. The molecule has 1 N–H and O–H groups in total. The Morgan fingerprint density at radius 2 is 1.84 bits per heavy atom. The van der Waals surface area contributed by atoms with Crippen molar-refractivity contribution in [1.29, 1.82) is 0 Å². The molecule has 2 amide bonds. The van der Waals surface area contributed by atoms with Crippen molar-refractivity contribution in [2.75, 3.05) is 43.1 Å². The Morgan fingerprint density at radius 3 is 2.60 bits per heavy atom. The summed E-state index contributed by atoms with van der Waals surface area (Å²) in [6, 6.07) is 12.4. The van der Waals surface area contributed by atoms with Gasteiger partial charge in [-0.2, -0.15) is 0 Å². The van der Waals surface area contributed by atoms with Crippen LogP contribution in [0, 0.1) is 0 Å². The standard InChI is InChI=1S/C19H22N4O2/c24-19(22-9-11-25-12-10-22)21-17-5-6-18(20-13-17)23-8-7-15-3-1-2-4-16(15)14-23/h1-6,13H,7-12,14H2,(H,21,24). The molecule has 0 unspecified atom stereocenters. The predicted octanol–water partition coefficient (Wildman–Crippen LogP) is 2.51. The summed E-state index contributed by atoms with van der Waals surface area (Å²) >= 11 is 0. The van der Waals surface area contributed by atoms with Crippen molar-refractivity contribution in [3.05, 3.63) is 53.7 Å². The average Bonchev–Trinajstić information content (AvgIpc) is 2.69. The SMILES string of the molecule is O=C(Nc1ccc(N2CCc3ccccc3C2)nc1)N1CCOCC1. The van der Waals surface area contributed by atoms with Gasteiger partial charge >= 0.3 is 6.03 Å². The van der Waals surface area contributed by atoms with Gasteiger partial charge in [0.25, 0.3) is 0 Å². The summed E-state index contributed by atoms with van der Waals surface area (Å²) in [6.45, 7) is 4.29. The number of ether oxygens (including phenoxy) is 1. The minimum atomic E-state index is -0.0928. The topological polar surface area (TPSA) is 57.7 Å². The highest BCUT2D eigenvalue weighted by atomic mass is 16.5. The molecule has 1 fully saturated rings. The summed E-state index contributed by atoms with van der Waals surface area (Å²) in [7, 11) is 0. The highest BCUT2D eigenvalue weighted by molar-refractivity contribution is 5.89. The second-order valence-corrected chi connectivity index (χ2v) is 6.37. The minimum Gasteiger partial charge on any atom is -0.378 e. The van der Waals surface area contributed by atoms with Crippen LogP contribution in [-0.2, 0) is 17.7 Å². The van der Waals surface area contributed by atoms with Gasteiger partial charge in [-0.15, -0.1) is 0 Å². The number of nitrogens with one attached hydrogen (secondary N) is 1. The third kappa shape index (κ3) is 3.58. The predicted molar refractivity (Wildman–Crippen MR) is 96.8 cm³/mol. The zero-order valence-corrected chi connectivity index (χ0v) is 14.1. The molecular formula is C19H22N4O2. The number of rotatable bonds is 2. The molecule has 0 saturated carbocycles. The Kier molecular flexibility index (Phi) is 4.52. The van der Waals surface area contributed by atoms with Gasteiger partial charge in [-0.3, -0.25) is 0 Å². The molecule has 2 aromatic rings. The first-order valence-electron chi connectivity index (χ1n) is 8.71. The van der Waals surface area contributed by atoms with E-state index < -0.39 is 0 Å². The number of urea groups is 1. The van der Waals surface area contributed by atoms with Crippen LogP contribution in [0.3, 0.4) is 0 Å². The van der Waals surface area contributed by atoms with E-state index in [2.05, 4.69) is 39.5 Å². The number of anilines is 2. The lowest BCUT2D eigenvalue weighted by Gasteiger charge is -2.30. The van der Waals surface area contributed by atoms with Gasteiger partial charge in [0.05, 0.1) is 25.1 Å². The van der Waals surface area contributed by atoms with Crippen molar-refractivity contribution in [2.45, 2.75) is 13.0 Å². The van der Waals surface area contributed by atoms with Crippen molar-refractivity contribution in [3.8, 4) is 0 Å². The number of fused-ring (bicyclic) bond motifs is 1. The van der Waals surface area contributed by atoms with Crippen LogP contribution >= 0.6 is 0 Å². The molecule has 4 rings (SSSR count). The average molecular weight is 338 g/mol. The largest absolute Gasteiger partial charge is 0.378 e. The number of hydrogen-bond donors (Lipinski definition) is 1. The molecule has 0 aliphatic carbocycles. The van der Waals surface area contributed by atoms with Crippen LogP contribution in [0.25, 0.3) is 0 Å². The summed E-state index contributed by atoms with van der Waals surface area (Å²) < 4.78 is 5.27. The minimum absolute atomic E-state index is 0.0928. The first-order valence-corrected chi connectivity index (χ1v) is 8.71. The molecule has 130 valence electrons. The fraction of sp³-hybridized carbons (Fsp3) is 0.368. The molecule has 3 heterocycles. The Hall–Kier alpha value is -2.60. The Bertz CT molecular complexity index is 741. The van der Waals surface area contributed by atoms with Crippen molar-refractivity contribution >= 4 is 17.5 Å². The van der Waals surface area contributed by atoms with Gasteiger partial charge in [-0.25, -0.2) is 9.78 Å². The van der Waals surface area contributed by atoms with E-state index in [1.807, 2.05) is 12.1 Å². The van der Waals surface area contributed by atoms with Crippen LogP contribution in [0.2, 0.25) is 0 Å². The molecule has 2 aliphatic heterocycles. The number of hydrogen-bond acceptors (Lipinski definition) is 4. The van der Waals surface area contributed by atoms with Gasteiger partial charge in [0.2, 0.25) is 0 Å². The van der Waals surface area contributed by atoms with E-state index in [1.54, 1.807) is 11.1 Å². The van der Waals surface area contributed by atoms with E-state index >= 15 is 0 Å². The molecule has 25 heavy (non-hydrogen) atoms. The summed E-state index contributed by atoms with van der Waals surface area (Å²) in [6.07, 6.45) is 2.77. The number of pyridine rings is 1. The molecule has 1 aromatic heterocycles. The van der Waals surface area contributed by atoms with Crippen molar-refractivity contribution in [1.82, 2.24) is 9.88 Å². The maximum atomic E-state index is 12.2.